The lowest BCUT2D eigenvalue weighted by atomic mass is 10.1. The van der Waals surface area contributed by atoms with Crippen molar-refractivity contribution in [1.82, 2.24) is 24.0 Å². The van der Waals surface area contributed by atoms with Crippen LogP contribution in [0.4, 0.5) is 5.69 Å². The second-order valence-corrected chi connectivity index (χ2v) is 13.3. The predicted octanol–water partition coefficient (Wildman–Crippen LogP) is 3.32. The number of aromatic nitrogens is 3. The first kappa shape index (κ1) is 26.9. The van der Waals surface area contributed by atoms with Crippen LogP contribution in [0.3, 0.4) is 0 Å². The van der Waals surface area contributed by atoms with E-state index in [1.165, 1.54) is 27.5 Å². The number of fused-ring (bicyclic) bond motifs is 1. The number of hydrogen-bond donors (Lipinski definition) is 0. The first-order valence-electron chi connectivity index (χ1n) is 13.3. The number of morpholine rings is 1. The number of hydrogen-bond acceptors (Lipinski definition) is 8. The van der Waals surface area contributed by atoms with Gasteiger partial charge in [0, 0.05) is 57.1 Å². The molecule has 0 spiro atoms. The number of anilines is 1. The fourth-order valence-electron chi connectivity index (χ4n) is 5.28. The number of rotatable bonds is 5. The smallest absolute Gasteiger partial charge is 0.264 e. The van der Waals surface area contributed by atoms with Crippen molar-refractivity contribution in [2.75, 3.05) is 63.6 Å². The molecule has 40 heavy (non-hydrogen) atoms. The molecule has 210 valence electrons. The fourth-order valence-corrected chi connectivity index (χ4v) is 7.37. The molecule has 0 unspecified atom stereocenters. The van der Waals surface area contributed by atoms with Crippen molar-refractivity contribution >= 4 is 43.2 Å². The van der Waals surface area contributed by atoms with Crippen molar-refractivity contribution < 1.29 is 17.9 Å². The molecular formula is C28H32N6O4S2. The van der Waals surface area contributed by atoms with Crippen molar-refractivity contribution in [3.05, 3.63) is 58.6 Å². The Balaban J connectivity index is 1.38. The monoisotopic (exact) mass is 580 g/mol. The predicted molar refractivity (Wildman–Crippen MR) is 157 cm³/mol. The molecule has 6 rings (SSSR count). The Morgan fingerprint density at radius 1 is 1.00 bits per heavy atom. The number of pyridine rings is 1. The number of carbonyl (C=O) groups excluding carboxylic acids is 1. The lowest BCUT2D eigenvalue weighted by molar-refractivity contribution is 0.0702. The van der Waals surface area contributed by atoms with Crippen LogP contribution in [0.5, 0.6) is 0 Å². The molecule has 2 aliphatic rings. The summed E-state index contributed by atoms with van der Waals surface area (Å²) in [6.45, 7) is 8.12. The lowest BCUT2D eigenvalue weighted by Crippen LogP contribution is -2.50. The summed E-state index contributed by atoms with van der Waals surface area (Å²) in [5.74, 6) is 0.610. The summed E-state index contributed by atoms with van der Waals surface area (Å²) in [5, 5.41) is 4.84. The molecule has 0 saturated carbocycles. The molecule has 0 bridgehead atoms. The highest BCUT2D eigenvalue weighted by molar-refractivity contribution is 7.88. The normalized spacial score (nSPS) is 17.1. The molecule has 10 nitrogen and oxygen atoms in total. The van der Waals surface area contributed by atoms with Crippen molar-refractivity contribution in [3.63, 3.8) is 0 Å². The Morgan fingerprint density at radius 3 is 2.45 bits per heavy atom. The maximum atomic E-state index is 13.7. The van der Waals surface area contributed by atoms with Crippen LogP contribution in [0, 0.1) is 13.8 Å². The van der Waals surface area contributed by atoms with E-state index in [9.17, 15) is 13.2 Å². The van der Waals surface area contributed by atoms with Crippen LogP contribution < -0.4 is 4.90 Å². The molecule has 12 heteroatoms. The Kier molecular flexibility index (Phi) is 7.11. The van der Waals surface area contributed by atoms with Gasteiger partial charge in [0.2, 0.25) is 10.0 Å². The van der Waals surface area contributed by atoms with E-state index in [1.54, 1.807) is 9.58 Å². The Labute approximate surface area is 237 Å². The SMILES string of the molecule is Cc1cccc(-c2ccn(-c3cc(N4CCOCC4)c4sc(C(=O)N5CCN(S(C)(=O)=O)CC5)c(C)c4n3)n2)c1. The number of thiophene rings is 1. The molecule has 2 fully saturated rings. The van der Waals surface area contributed by atoms with Gasteiger partial charge >= 0.3 is 0 Å². The van der Waals surface area contributed by atoms with E-state index in [0.717, 1.165) is 45.8 Å². The van der Waals surface area contributed by atoms with Gasteiger partial charge in [-0.2, -0.15) is 9.40 Å². The molecule has 0 N–H and O–H groups in total. The van der Waals surface area contributed by atoms with E-state index in [1.807, 2.05) is 31.3 Å². The molecule has 2 aliphatic heterocycles. The van der Waals surface area contributed by atoms with Crippen LogP contribution in [0.15, 0.2) is 42.6 Å². The fraction of sp³-hybridized carbons (Fsp3) is 0.393. The van der Waals surface area contributed by atoms with E-state index >= 15 is 0 Å². The number of aryl methyl sites for hydroxylation is 2. The van der Waals surface area contributed by atoms with Gasteiger partial charge in [0.1, 0.15) is 0 Å². The standard InChI is InChI=1S/C28H32N6O4S2/c1-19-5-4-6-21(17-19)22-7-8-34(30-22)24-18-23(31-13-15-38-16-14-31)27-25(29-24)20(2)26(39-27)28(35)32-9-11-33(12-10-32)40(3,36)37/h4-8,17-18H,9-16H2,1-3H3. The van der Waals surface area contributed by atoms with Crippen LogP contribution in [-0.4, -0.2) is 97.0 Å². The summed E-state index contributed by atoms with van der Waals surface area (Å²) in [6, 6.07) is 12.3. The third-order valence-electron chi connectivity index (χ3n) is 7.52. The van der Waals surface area contributed by atoms with E-state index < -0.39 is 10.0 Å². The highest BCUT2D eigenvalue weighted by Gasteiger charge is 2.30. The summed E-state index contributed by atoms with van der Waals surface area (Å²) in [6.07, 6.45) is 3.13. The summed E-state index contributed by atoms with van der Waals surface area (Å²) >= 11 is 1.46. The first-order chi connectivity index (χ1) is 19.2. The van der Waals surface area contributed by atoms with Crippen LogP contribution in [0.25, 0.3) is 27.3 Å². The summed E-state index contributed by atoms with van der Waals surface area (Å²) in [7, 11) is -3.27. The molecule has 2 saturated heterocycles. The molecule has 4 aromatic rings. The number of sulfonamides is 1. The zero-order valence-electron chi connectivity index (χ0n) is 22.8. The van der Waals surface area contributed by atoms with Crippen molar-refractivity contribution in [2.45, 2.75) is 13.8 Å². The number of carbonyl (C=O) groups is 1. The summed E-state index contributed by atoms with van der Waals surface area (Å²) in [4.78, 5) is 23.4. The highest BCUT2D eigenvalue weighted by atomic mass is 32.2. The number of nitrogens with zero attached hydrogens (tertiary/aromatic N) is 6. The van der Waals surface area contributed by atoms with Crippen LogP contribution in [0.2, 0.25) is 0 Å². The van der Waals surface area contributed by atoms with E-state index in [4.69, 9.17) is 14.8 Å². The average Bonchev–Trinajstić information content (AvgIpc) is 3.58. The average molecular weight is 581 g/mol. The minimum Gasteiger partial charge on any atom is -0.378 e. The maximum Gasteiger partial charge on any atom is 0.264 e. The highest BCUT2D eigenvalue weighted by Crippen LogP contribution is 2.39. The van der Waals surface area contributed by atoms with E-state index in [-0.39, 0.29) is 5.91 Å². The van der Waals surface area contributed by atoms with Crippen LogP contribution in [0.1, 0.15) is 20.8 Å². The van der Waals surface area contributed by atoms with Crippen molar-refractivity contribution in [2.24, 2.45) is 0 Å². The van der Waals surface area contributed by atoms with Gasteiger partial charge in [-0.25, -0.2) is 18.1 Å². The molecule has 0 radical (unpaired) electrons. The van der Waals surface area contributed by atoms with E-state index in [0.29, 0.717) is 50.1 Å². The minimum absolute atomic E-state index is 0.0797. The molecule has 0 aliphatic carbocycles. The first-order valence-corrected chi connectivity index (χ1v) is 16.0. The van der Waals surface area contributed by atoms with Crippen LogP contribution >= 0.6 is 11.3 Å². The number of ether oxygens (including phenoxy) is 1. The molecule has 3 aromatic heterocycles. The Morgan fingerprint density at radius 2 is 1.75 bits per heavy atom. The van der Waals surface area contributed by atoms with Crippen LogP contribution in [-0.2, 0) is 14.8 Å². The lowest BCUT2D eigenvalue weighted by Gasteiger charge is -2.33. The van der Waals surface area contributed by atoms with Gasteiger partial charge in [-0.3, -0.25) is 4.79 Å². The third kappa shape index (κ3) is 5.12. The Hall–Kier alpha value is -3.32. The molecule has 5 heterocycles. The summed E-state index contributed by atoms with van der Waals surface area (Å²) < 4.78 is 33.7. The molecule has 1 amide bonds. The van der Waals surface area contributed by atoms with Gasteiger partial charge in [-0.1, -0.05) is 23.8 Å². The quantitative estimate of drug-likeness (QED) is 0.357. The largest absolute Gasteiger partial charge is 0.378 e. The zero-order chi connectivity index (χ0) is 28.0. The van der Waals surface area contributed by atoms with Crippen molar-refractivity contribution in [3.8, 4) is 17.1 Å². The maximum absolute atomic E-state index is 13.7. The molecular weight excluding hydrogens is 548 g/mol. The number of piperazine rings is 1. The van der Waals surface area contributed by atoms with Gasteiger partial charge in [-0.05, 0) is 31.5 Å². The molecule has 1 aromatic carbocycles. The van der Waals surface area contributed by atoms with Gasteiger partial charge in [-0.15, -0.1) is 11.3 Å². The minimum atomic E-state index is -3.27. The summed E-state index contributed by atoms with van der Waals surface area (Å²) in [5.41, 5.74) is 5.72. The number of benzene rings is 1. The Bertz CT molecular complexity index is 1680. The zero-order valence-corrected chi connectivity index (χ0v) is 24.5. The van der Waals surface area contributed by atoms with Crippen molar-refractivity contribution in [1.29, 1.82) is 0 Å². The van der Waals surface area contributed by atoms with Gasteiger partial charge < -0.3 is 14.5 Å². The van der Waals surface area contributed by atoms with Gasteiger partial charge in [0.15, 0.2) is 5.82 Å². The van der Waals surface area contributed by atoms with Gasteiger partial charge in [0.05, 0.1) is 45.9 Å². The molecule has 0 atom stereocenters. The third-order valence-corrected chi connectivity index (χ3v) is 10.1. The van der Waals surface area contributed by atoms with E-state index in [2.05, 4.69) is 30.0 Å². The topological polar surface area (TPSA) is 101 Å². The second kappa shape index (κ2) is 10.6. The second-order valence-electron chi connectivity index (χ2n) is 10.3. The van der Waals surface area contributed by atoms with Gasteiger partial charge in [0.25, 0.3) is 5.91 Å². The number of amides is 1.